The third kappa shape index (κ3) is 4.52. The molecule has 0 atom stereocenters. The zero-order chi connectivity index (χ0) is 16.8. The molecule has 1 aliphatic rings. The molecule has 0 unspecified atom stereocenters. The summed E-state index contributed by atoms with van der Waals surface area (Å²) in [4.78, 5) is 18.0. The topological polar surface area (TPSA) is 35.6 Å². The molecule has 1 heterocycles. The van der Waals surface area contributed by atoms with Gasteiger partial charge < -0.3 is 10.2 Å². The molecule has 24 heavy (non-hydrogen) atoms. The Hall–Kier alpha value is -1.98. The number of thioether (sulfide) groups is 1. The number of carbonyl (C=O) groups excluding carboxylic acids is 1. The van der Waals surface area contributed by atoms with Gasteiger partial charge in [-0.3, -0.25) is 9.69 Å². The molecule has 4 nitrogen and oxygen atoms in total. The molecule has 0 saturated carbocycles. The Labute approximate surface area is 147 Å². The first-order chi connectivity index (χ1) is 11.7. The van der Waals surface area contributed by atoms with E-state index in [9.17, 15) is 4.79 Å². The van der Waals surface area contributed by atoms with Crippen LogP contribution in [0.3, 0.4) is 0 Å². The minimum Gasteiger partial charge on any atom is -0.369 e. The van der Waals surface area contributed by atoms with Crippen LogP contribution >= 0.6 is 11.8 Å². The van der Waals surface area contributed by atoms with E-state index in [-0.39, 0.29) is 5.91 Å². The van der Waals surface area contributed by atoms with Crippen LogP contribution in [-0.2, 0) is 4.79 Å². The van der Waals surface area contributed by atoms with Crippen molar-refractivity contribution in [1.82, 2.24) is 4.90 Å². The lowest BCUT2D eigenvalue weighted by atomic mass is 10.2. The summed E-state index contributed by atoms with van der Waals surface area (Å²) in [6.07, 6.45) is 2.04. The lowest BCUT2D eigenvalue weighted by molar-refractivity contribution is -0.117. The van der Waals surface area contributed by atoms with Crippen LogP contribution in [0.4, 0.5) is 11.4 Å². The van der Waals surface area contributed by atoms with Gasteiger partial charge in [-0.15, -0.1) is 11.8 Å². The SMILES string of the molecule is CSc1ccc(NC(=O)CN2CCN(c3ccccc3)CC2)cc1. The molecule has 1 saturated heterocycles. The van der Waals surface area contributed by atoms with Gasteiger partial charge in [0.25, 0.3) is 0 Å². The number of benzene rings is 2. The fraction of sp³-hybridized carbons (Fsp3) is 0.316. The van der Waals surface area contributed by atoms with Crippen molar-refractivity contribution in [2.45, 2.75) is 4.90 Å². The van der Waals surface area contributed by atoms with E-state index in [2.05, 4.69) is 39.4 Å². The maximum atomic E-state index is 12.2. The Kier molecular flexibility index (Phi) is 5.77. The highest BCUT2D eigenvalue weighted by atomic mass is 32.2. The highest BCUT2D eigenvalue weighted by Gasteiger charge is 2.19. The summed E-state index contributed by atoms with van der Waals surface area (Å²) in [5.41, 5.74) is 2.12. The molecule has 0 aliphatic carbocycles. The molecular weight excluding hydrogens is 318 g/mol. The van der Waals surface area contributed by atoms with Gasteiger partial charge in [-0.25, -0.2) is 0 Å². The van der Waals surface area contributed by atoms with E-state index >= 15 is 0 Å². The second kappa shape index (κ2) is 8.22. The maximum Gasteiger partial charge on any atom is 0.238 e. The van der Waals surface area contributed by atoms with Crippen molar-refractivity contribution in [3.63, 3.8) is 0 Å². The van der Waals surface area contributed by atoms with Crippen molar-refractivity contribution in [1.29, 1.82) is 0 Å². The van der Waals surface area contributed by atoms with Crippen molar-refractivity contribution in [2.24, 2.45) is 0 Å². The van der Waals surface area contributed by atoms with E-state index in [4.69, 9.17) is 0 Å². The van der Waals surface area contributed by atoms with Crippen molar-refractivity contribution in [2.75, 3.05) is 49.2 Å². The van der Waals surface area contributed by atoms with Crippen LogP contribution in [0.2, 0.25) is 0 Å². The average molecular weight is 341 g/mol. The normalized spacial score (nSPS) is 15.3. The lowest BCUT2D eigenvalue weighted by Crippen LogP contribution is -2.48. The van der Waals surface area contributed by atoms with Crippen molar-refractivity contribution >= 4 is 29.0 Å². The van der Waals surface area contributed by atoms with E-state index in [0.717, 1.165) is 31.9 Å². The first kappa shape index (κ1) is 16.9. The second-order valence-corrected chi connectivity index (χ2v) is 6.76. The van der Waals surface area contributed by atoms with E-state index < -0.39 is 0 Å². The third-order valence-corrected chi connectivity index (χ3v) is 4.98. The summed E-state index contributed by atoms with van der Waals surface area (Å²) >= 11 is 1.70. The van der Waals surface area contributed by atoms with Crippen LogP contribution in [0, 0.1) is 0 Å². The van der Waals surface area contributed by atoms with Gasteiger partial charge in [0, 0.05) is 42.4 Å². The van der Waals surface area contributed by atoms with Gasteiger partial charge in [-0.1, -0.05) is 18.2 Å². The molecule has 5 heteroatoms. The second-order valence-electron chi connectivity index (χ2n) is 5.88. The summed E-state index contributed by atoms with van der Waals surface area (Å²) in [5.74, 6) is 0.0556. The van der Waals surface area contributed by atoms with Gasteiger partial charge in [-0.2, -0.15) is 0 Å². The lowest BCUT2D eigenvalue weighted by Gasteiger charge is -2.35. The van der Waals surface area contributed by atoms with Crippen LogP contribution in [0.15, 0.2) is 59.5 Å². The Morgan fingerprint density at radius 2 is 1.67 bits per heavy atom. The number of amides is 1. The monoisotopic (exact) mass is 341 g/mol. The number of rotatable bonds is 5. The van der Waals surface area contributed by atoms with Crippen LogP contribution in [0.1, 0.15) is 0 Å². The summed E-state index contributed by atoms with van der Waals surface area (Å²) < 4.78 is 0. The fourth-order valence-corrected chi connectivity index (χ4v) is 3.29. The summed E-state index contributed by atoms with van der Waals surface area (Å²) in [7, 11) is 0. The van der Waals surface area contributed by atoms with E-state index in [1.165, 1.54) is 10.6 Å². The number of piperazine rings is 1. The highest BCUT2D eigenvalue weighted by molar-refractivity contribution is 7.98. The predicted molar refractivity (Wildman–Crippen MR) is 102 cm³/mol. The molecule has 1 amide bonds. The van der Waals surface area contributed by atoms with Crippen LogP contribution in [0.25, 0.3) is 0 Å². The van der Waals surface area contributed by atoms with Crippen molar-refractivity contribution in [3.05, 3.63) is 54.6 Å². The number of carbonyl (C=O) groups is 1. The molecule has 2 aromatic rings. The molecule has 0 spiro atoms. The van der Waals surface area contributed by atoms with E-state index in [0.29, 0.717) is 6.54 Å². The molecule has 0 radical (unpaired) electrons. The van der Waals surface area contributed by atoms with Crippen LogP contribution < -0.4 is 10.2 Å². The zero-order valence-corrected chi connectivity index (χ0v) is 14.8. The fourth-order valence-electron chi connectivity index (χ4n) is 2.88. The Balaban J connectivity index is 1.46. The average Bonchev–Trinajstić information content (AvgIpc) is 2.64. The van der Waals surface area contributed by atoms with Gasteiger partial charge in [0.2, 0.25) is 5.91 Å². The van der Waals surface area contributed by atoms with Crippen molar-refractivity contribution < 1.29 is 4.79 Å². The summed E-state index contributed by atoms with van der Waals surface area (Å²) in [6.45, 7) is 4.19. The number of nitrogens with one attached hydrogen (secondary N) is 1. The molecule has 3 rings (SSSR count). The Morgan fingerprint density at radius 3 is 2.29 bits per heavy atom. The third-order valence-electron chi connectivity index (χ3n) is 4.23. The van der Waals surface area contributed by atoms with Crippen molar-refractivity contribution in [3.8, 4) is 0 Å². The van der Waals surface area contributed by atoms with E-state index in [1.54, 1.807) is 11.8 Å². The molecule has 1 aliphatic heterocycles. The molecular formula is C19H23N3OS. The smallest absolute Gasteiger partial charge is 0.238 e. The van der Waals surface area contributed by atoms with Gasteiger partial charge in [0.15, 0.2) is 0 Å². The first-order valence-corrected chi connectivity index (χ1v) is 9.43. The van der Waals surface area contributed by atoms with E-state index in [1.807, 2.05) is 36.6 Å². The molecule has 2 aromatic carbocycles. The summed E-state index contributed by atoms with van der Waals surface area (Å²) in [5, 5.41) is 2.98. The predicted octanol–water partition coefficient (Wildman–Crippen LogP) is 3.17. The molecule has 0 aromatic heterocycles. The highest BCUT2D eigenvalue weighted by Crippen LogP contribution is 2.18. The molecule has 1 N–H and O–H groups in total. The number of nitrogens with zero attached hydrogens (tertiary/aromatic N) is 2. The Bertz CT molecular complexity index is 652. The molecule has 0 bridgehead atoms. The quantitative estimate of drug-likeness (QED) is 0.848. The van der Waals surface area contributed by atoms with Gasteiger partial charge in [0.1, 0.15) is 0 Å². The Morgan fingerprint density at radius 1 is 1.00 bits per heavy atom. The standard InChI is InChI=1S/C19H23N3OS/c1-24-18-9-7-16(8-10-18)20-19(23)15-21-11-13-22(14-12-21)17-5-3-2-4-6-17/h2-10H,11-15H2,1H3,(H,20,23). The minimum absolute atomic E-state index is 0.0556. The number of anilines is 2. The minimum atomic E-state index is 0.0556. The van der Waals surface area contributed by atoms with Gasteiger partial charge in [0.05, 0.1) is 6.54 Å². The largest absolute Gasteiger partial charge is 0.369 e. The number of hydrogen-bond donors (Lipinski definition) is 1. The van der Waals surface area contributed by atoms with Crippen LogP contribution in [0.5, 0.6) is 0 Å². The number of hydrogen-bond acceptors (Lipinski definition) is 4. The molecule has 126 valence electrons. The maximum absolute atomic E-state index is 12.2. The van der Waals surface area contributed by atoms with Gasteiger partial charge >= 0.3 is 0 Å². The first-order valence-electron chi connectivity index (χ1n) is 8.21. The summed E-state index contributed by atoms with van der Waals surface area (Å²) in [6, 6.07) is 18.4. The zero-order valence-electron chi connectivity index (χ0n) is 13.9. The van der Waals surface area contributed by atoms with Gasteiger partial charge in [-0.05, 0) is 42.7 Å². The molecule has 1 fully saturated rings. The van der Waals surface area contributed by atoms with Crippen LogP contribution in [-0.4, -0.2) is 49.8 Å². The number of para-hydroxylation sites is 1.